The van der Waals surface area contributed by atoms with Crippen molar-refractivity contribution in [3.8, 4) is 0 Å². The Bertz CT molecular complexity index is 387. The molecule has 0 aromatic rings. The monoisotopic (exact) mass is 300 g/mol. The molecule has 2 N–H and O–H groups in total. The summed E-state index contributed by atoms with van der Waals surface area (Å²) < 4.78 is 5.03. The lowest BCUT2D eigenvalue weighted by Gasteiger charge is -2.21. The quantitative estimate of drug-likeness (QED) is 0.650. The number of rotatable bonds is 8. The number of aldehydes is 1. The van der Waals surface area contributed by atoms with E-state index >= 15 is 0 Å². The Morgan fingerprint density at radius 3 is 2.33 bits per heavy atom. The van der Waals surface area contributed by atoms with Crippen LogP contribution in [0.15, 0.2) is 0 Å². The molecule has 0 saturated heterocycles. The summed E-state index contributed by atoms with van der Waals surface area (Å²) in [7, 11) is 0. The van der Waals surface area contributed by atoms with Gasteiger partial charge in [-0.15, -0.1) is 0 Å². The van der Waals surface area contributed by atoms with E-state index < -0.39 is 23.6 Å². The Balaban J connectivity index is 3.97. The first-order valence-electron chi connectivity index (χ1n) is 6.88. The number of ketones is 1. The number of nitrogens with one attached hydrogen (secondary N) is 2. The van der Waals surface area contributed by atoms with Crippen molar-refractivity contribution in [3.05, 3.63) is 0 Å². The van der Waals surface area contributed by atoms with Crippen LogP contribution in [0.4, 0.5) is 4.79 Å². The van der Waals surface area contributed by atoms with E-state index in [-0.39, 0.29) is 31.6 Å². The van der Waals surface area contributed by atoms with Gasteiger partial charge in [0.25, 0.3) is 0 Å². The second-order valence-electron chi connectivity index (χ2n) is 5.65. The molecule has 7 heteroatoms. The number of alkyl carbamates (subject to hydrolysis) is 1. The molecule has 0 aromatic carbocycles. The molecule has 0 aliphatic rings. The number of amides is 2. The molecule has 0 fully saturated rings. The number of hydrogen-bond donors (Lipinski definition) is 2. The highest BCUT2D eigenvalue weighted by Gasteiger charge is 2.20. The van der Waals surface area contributed by atoms with Crippen LogP contribution < -0.4 is 10.6 Å². The highest BCUT2D eigenvalue weighted by molar-refractivity contribution is 5.86. The van der Waals surface area contributed by atoms with E-state index in [1.807, 2.05) is 0 Å². The van der Waals surface area contributed by atoms with E-state index in [4.69, 9.17) is 4.74 Å². The number of ether oxygens (including phenoxy) is 1. The maximum absolute atomic E-state index is 11.7. The second-order valence-corrected chi connectivity index (χ2v) is 5.65. The number of Topliss-reactive ketones (excluding diaryl/α,β-unsaturated/α-hetero) is 1. The normalized spacial score (nSPS) is 12.2. The van der Waals surface area contributed by atoms with E-state index in [1.54, 1.807) is 20.8 Å². The third-order valence-electron chi connectivity index (χ3n) is 2.37. The fraction of sp³-hybridized carbons (Fsp3) is 0.714. The van der Waals surface area contributed by atoms with Crippen molar-refractivity contribution >= 4 is 24.1 Å². The molecule has 0 spiro atoms. The van der Waals surface area contributed by atoms with Gasteiger partial charge in [0.15, 0.2) is 0 Å². The van der Waals surface area contributed by atoms with Crippen LogP contribution in [0.3, 0.4) is 0 Å². The molecule has 1 atom stereocenters. The van der Waals surface area contributed by atoms with Gasteiger partial charge in [-0.3, -0.25) is 9.59 Å². The van der Waals surface area contributed by atoms with Crippen molar-refractivity contribution in [2.75, 3.05) is 6.54 Å². The third-order valence-corrected chi connectivity index (χ3v) is 2.37. The highest BCUT2D eigenvalue weighted by atomic mass is 16.6. The molecule has 0 unspecified atom stereocenters. The fourth-order valence-corrected chi connectivity index (χ4v) is 1.37. The second kappa shape index (κ2) is 9.10. The van der Waals surface area contributed by atoms with Gasteiger partial charge in [0, 0.05) is 25.8 Å². The summed E-state index contributed by atoms with van der Waals surface area (Å²) in [5.41, 5.74) is -0.634. The predicted octanol–water partition coefficient (Wildman–Crippen LogP) is 0.954. The maximum atomic E-state index is 11.7. The van der Waals surface area contributed by atoms with Gasteiger partial charge in [-0.1, -0.05) is 0 Å². The lowest BCUT2D eigenvalue weighted by molar-refractivity contribution is -0.123. The van der Waals surface area contributed by atoms with Crippen LogP contribution in [0.5, 0.6) is 0 Å². The van der Waals surface area contributed by atoms with E-state index in [0.29, 0.717) is 6.29 Å². The van der Waals surface area contributed by atoms with Crippen LogP contribution in [0.25, 0.3) is 0 Å². The first kappa shape index (κ1) is 19.1. The topological polar surface area (TPSA) is 102 Å². The van der Waals surface area contributed by atoms with Crippen molar-refractivity contribution in [3.63, 3.8) is 0 Å². The Kier molecular flexibility index (Phi) is 8.26. The minimum absolute atomic E-state index is 0.0878. The molecule has 0 rings (SSSR count). The van der Waals surface area contributed by atoms with E-state index in [2.05, 4.69) is 10.6 Å². The van der Waals surface area contributed by atoms with Crippen molar-refractivity contribution in [1.29, 1.82) is 0 Å². The van der Waals surface area contributed by atoms with E-state index in [1.165, 1.54) is 6.92 Å². The fourth-order valence-electron chi connectivity index (χ4n) is 1.37. The summed E-state index contributed by atoms with van der Waals surface area (Å²) in [5, 5.41) is 4.94. The van der Waals surface area contributed by atoms with Crippen molar-refractivity contribution < 1.29 is 23.9 Å². The average molecular weight is 300 g/mol. The average Bonchev–Trinajstić information content (AvgIpc) is 2.33. The largest absolute Gasteiger partial charge is 0.444 e. The zero-order valence-corrected chi connectivity index (χ0v) is 13.0. The molecule has 7 nitrogen and oxygen atoms in total. The number of hydrogen-bond acceptors (Lipinski definition) is 5. The van der Waals surface area contributed by atoms with Gasteiger partial charge in [-0.25, -0.2) is 4.79 Å². The van der Waals surface area contributed by atoms with Crippen molar-refractivity contribution in [1.82, 2.24) is 10.6 Å². The predicted molar refractivity (Wildman–Crippen MR) is 76.8 cm³/mol. The summed E-state index contributed by atoms with van der Waals surface area (Å²) >= 11 is 0. The van der Waals surface area contributed by atoms with Crippen LogP contribution in [0, 0.1) is 0 Å². The van der Waals surface area contributed by atoms with E-state index in [9.17, 15) is 19.2 Å². The minimum atomic E-state index is -0.759. The molecule has 0 bridgehead atoms. The molecule has 0 aliphatic carbocycles. The standard InChI is InChI=1S/C14H24N2O5/c1-10(16-13(20)21-14(2,3)4)12(19)15-8-7-11(18)6-5-9-17/h9-10H,5-8H2,1-4H3,(H,15,19)(H,16,20)/t10-/m0/s1. The lowest BCUT2D eigenvalue weighted by Crippen LogP contribution is -2.46. The summed E-state index contributed by atoms with van der Waals surface area (Å²) in [6.07, 6.45) is 0.559. The molecule has 0 radical (unpaired) electrons. The van der Waals surface area contributed by atoms with Gasteiger partial charge < -0.3 is 20.2 Å². The maximum Gasteiger partial charge on any atom is 0.408 e. The van der Waals surface area contributed by atoms with Gasteiger partial charge in [-0.2, -0.15) is 0 Å². The van der Waals surface area contributed by atoms with Crippen molar-refractivity contribution in [2.45, 2.75) is 58.6 Å². The van der Waals surface area contributed by atoms with Gasteiger partial charge in [0.2, 0.25) is 5.91 Å². The van der Waals surface area contributed by atoms with E-state index in [0.717, 1.165) is 0 Å². The SMILES string of the molecule is C[C@H](NC(=O)OC(C)(C)C)C(=O)NCCC(=O)CCC=O. The first-order chi connectivity index (χ1) is 9.65. The van der Waals surface area contributed by atoms with Crippen LogP contribution in [0.2, 0.25) is 0 Å². The molecule has 0 aromatic heterocycles. The zero-order chi connectivity index (χ0) is 16.5. The molecular weight excluding hydrogens is 276 g/mol. The molecule has 2 amide bonds. The zero-order valence-electron chi connectivity index (χ0n) is 13.0. The van der Waals surface area contributed by atoms with Crippen LogP contribution >= 0.6 is 0 Å². The minimum Gasteiger partial charge on any atom is -0.444 e. The number of carbonyl (C=O) groups is 4. The summed E-state index contributed by atoms with van der Waals surface area (Å²) in [6, 6.07) is -0.759. The lowest BCUT2D eigenvalue weighted by atomic mass is 10.2. The summed E-state index contributed by atoms with van der Waals surface area (Å²) in [5.74, 6) is -0.487. The molecule has 0 aliphatic heterocycles. The van der Waals surface area contributed by atoms with Gasteiger partial charge in [-0.05, 0) is 27.7 Å². The smallest absolute Gasteiger partial charge is 0.408 e. The molecule has 21 heavy (non-hydrogen) atoms. The van der Waals surface area contributed by atoms with Crippen LogP contribution in [-0.4, -0.2) is 42.3 Å². The van der Waals surface area contributed by atoms with Crippen molar-refractivity contribution in [2.24, 2.45) is 0 Å². The Labute approximate surface area is 124 Å². The molecule has 120 valence electrons. The Hall–Kier alpha value is -1.92. The summed E-state index contributed by atoms with van der Waals surface area (Å²) in [4.78, 5) is 44.6. The van der Waals surface area contributed by atoms with Crippen LogP contribution in [-0.2, 0) is 19.1 Å². The van der Waals surface area contributed by atoms with Gasteiger partial charge in [0.05, 0.1) is 0 Å². The highest BCUT2D eigenvalue weighted by Crippen LogP contribution is 2.06. The Morgan fingerprint density at radius 1 is 1.19 bits per heavy atom. The van der Waals surface area contributed by atoms with Gasteiger partial charge >= 0.3 is 6.09 Å². The number of carbonyl (C=O) groups excluding carboxylic acids is 4. The third kappa shape index (κ3) is 10.5. The molecule has 0 heterocycles. The molecular formula is C14H24N2O5. The molecule has 0 saturated carbocycles. The first-order valence-corrected chi connectivity index (χ1v) is 6.88. The summed E-state index contributed by atoms with van der Waals surface area (Å²) in [6.45, 7) is 6.87. The van der Waals surface area contributed by atoms with Gasteiger partial charge in [0.1, 0.15) is 23.7 Å². The Morgan fingerprint density at radius 2 is 1.81 bits per heavy atom. The van der Waals surface area contributed by atoms with Crippen LogP contribution in [0.1, 0.15) is 47.0 Å².